The molecule has 2 bridgehead atoms. The van der Waals surface area contributed by atoms with Crippen molar-refractivity contribution in [3.8, 4) is 5.75 Å². The number of ether oxygens (including phenoxy) is 1. The van der Waals surface area contributed by atoms with E-state index in [-0.39, 0.29) is 5.91 Å². The fourth-order valence-electron chi connectivity index (χ4n) is 4.82. The number of nitrogens with one attached hydrogen (secondary N) is 1. The first-order valence-electron chi connectivity index (χ1n) is 7.69. The van der Waals surface area contributed by atoms with Crippen LogP contribution in [0.3, 0.4) is 0 Å². The first-order chi connectivity index (χ1) is 9.79. The van der Waals surface area contributed by atoms with Gasteiger partial charge in [-0.3, -0.25) is 4.79 Å². The maximum atomic E-state index is 12.4. The molecule has 1 aromatic rings. The summed E-state index contributed by atoms with van der Waals surface area (Å²) in [7, 11) is 1.67. The number of hydrogen-bond donors (Lipinski definition) is 1. The Hall–Kier alpha value is -1.51. The smallest absolute Gasteiger partial charge is 0.223 e. The van der Waals surface area contributed by atoms with Gasteiger partial charge in [-0.2, -0.15) is 0 Å². The van der Waals surface area contributed by atoms with Crippen molar-refractivity contribution in [3.05, 3.63) is 29.8 Å². The van der Waals surface area contributed by atoms with Crippen LogP contribution in [0.15, 0.2) is 24.3 Å². The molecular weight excluding hydrogens is 250 g/mol. The van der Waals surface area contributed by atoms with Gasteiger partial charge in [-0.05, 0) is 49.0 Å². The molecule has 3 saturated carbocycles. The molecule has 0 heterocycles. The second-order valence-corrected chi connectivity index (χ2v) is 6.54. The Morgan fingerprint density at radius 1 is 1.25 bits per heavy atom. The number of benzene rings is 1. The lowest BCUT2D eigenvalue weighted by Crippen LogP contribution is -2.27. The van der Waals surface area contributed by atoms with E-state index < -0.39 is 0 Å². The van der Waals surface area contributed by atoms with Crippen LogP contribution >= 0.6 is 0 Å². The van der Waals surface area contributed by atoms with E-state index in [4.69, 9.17) is 4.74 Å². The molecule has 1 N–H and O–H groups in total. The fourth-order valence-corrected chi connectivity index (χ4v) is 4.82. The Kier molecular flexibility index (Phi) is 2.76. The van der Waals surface area contributed by atoms with Crippen molar-refractivity contribution in [2.24, 2.45) is 29.6 Å². The first kappa shape index (κ1) is 12.2. The summed E-state index contributed by atoms with van der Waals surface area (Å²) >= 11 is 0. The molecule has 20 heavy (non-hydrogen) atoms. The fraction of sp³-hybridized carbons (Fsp3) is 0.588. The summed E-state index contributed by atoms with van der Waals surface area (Å²) in [5, 5.41) is 3.11. The highest BCUT2D eigenvalue weighted by molar-refractivity contribution is 5.82. The van der Waals surface area contributed by atoms with Crippen LogP contribution in [0, 0.1) is 29.6 Å². The molecule has 1 aromatic carbocycles. The van der Waals surface area contributed by atoms with Gasteiger partial charge < -0.3 is 10.1 Å². The maximum absolute atomic E-state index is 12.4. The monoisotopic (exact) mass is 271 g/mol. The summed E-state index contributed by atoms with van der Waals surface area (Å²) in [5.41, 5.74) is 1.05. The maximum Gasteiger partial charge on any atom is 0.223 e. The molecule has 4 atom stereocenters. The largest absolute Gasteiger partial charge is 0.496 e. The first-order valence-corrected chi connectivity index (χ1v) is 7.69. The van der Waals surface area contributed by atoms with Crippen molar-refractivity contribution >= 4 is 5.91 Å². The number of carbonyl (C=O) groups excluding carboxylic acids is 1. The summed E-state index contributed by atoms with van der Waals surface area (Å²) in [6.07, 6.45) is 4.12. The zero-order valence-corrected chi connectivity index (χ0v) is 11.8. The van der Waals surface area contributed by atoms with Gasteiger partial charge in [0.25, 0.3) is 0 Å². The molecule has 3 fully saturated rings. The SMILES string of the molecule is COc1ccccc1CNC(=O)C1C2C3CCC(C3)C12. The highest BCUT2D eigenvalue weighted by atomic mass is 16.5. The Morgan fingerprint density at radius 2 is 1.95 bits per heavy atom. The van der Waals surface area contributed by atoms with Crippen LogP contribution in [0.4, 0.5) is 0 Å². The number of amides is 1. The van der Waals surface area contributed by atoms with Crippen molar-refractivity contribution in [3.63, 3.8) is 0 Å². The highest BCUT2D eigenvalue weighted by Crippen LogP contribution is 2.69. The molecule has 3 heteroatoms. The van der Waals surface area contributed by atoms with Gasteiger partial charge >= 0.3 is 0 Å². The van der Waals surface area contributed by atoms with E-state index in [9.17, 15) is 4.79 Å². The van der Waals surface area contributed by atoms with Gasteiger partial charge in [-0.15, -0.1) is 0 Å². The molecule has 3 aliphatic carbocycles. The molecule has 1 amide bonds. The molecule has 0 aliphatic heterocycles. The number of hydrogen-bond acceptors (Lipinski definition) is 2. The predicted octanol–water partition coefficient (Wildman–Crippen LogP) is 2.60. The molecule has 0 radical (unpaired) electrons. The summed E-state index contributed by atoms with van der Waals surface area (Å²) in [4.78, 5) is 12.4. The van der Waals surface area contributed by atoms with Crippen LogP contribution in [-0.4, -0.2) is 13.0 Å². The van der Waals surface area contributed by atoms with Gasteiger partial charge in [0.15, 0.2) is 0 Å². The van der Waals surface area contributed by atoms with E-state index in [1.54, 1.807) is 7.11 Å². The predicted molar refractivity (Wildman–Crippen MR) is 76.1 cm³/mol. The number of methoxy groups -OCH3 is 1. The van der Waals surface area contributed by atoms with Crippen LogP contribution in [0.5, 0.6) is 5.75 Å². The van der Waals surface area contributed by atoms with Crippen LogP contribution in [-0.2, 0) is 11.3 Å². The van der Waals surface area contributed by atoms with E-state index in [0.717, 1.165) is 23.1 Å². The molecule has 4 unspecified atom stereocenters. The third-order valence-corrected chi connectivity index (χ3v) is 5.68. The van der Waals surface area contributed by atoms with Gasteiger partial charge in [0.2, 0.25) is 5.91 Å². The number of para-hydroxylation sites is 1. The zero-order valence-electron chi connectivity index (χ0n) is 11.8. The van der Waals surface area contributed by atoms with E-state index in [2.05, 4.69) is 5.32 Å². The van der Waals surface area contributed by atoms with Crippen molar-refractivity contribution in [2.75, 3.05) is 7.11 Å². The number of carbonyl (C=O) groups is 1. The number of fused-ring (bicyclic) bond motifs is 5. The minimum Gasteiger partial charge on any atom is -0.496 e. The Labute approximate surface area is 119 Å². The molecule has 3 aliphatic rings. The molecule has 3 nitrogen and oxygen atoms in total. The van der Waals surface area contributed by atoms with E-state index in [1.807, 2.05) is 24.3 Å². The molecular formula is C17H21NO2. The highest BCUT2D eigenvalue weighted by Gasteiger charge is 2.67. The summed E-state index contributed by atoms with van der Waals surface area (Å²) < 4.78 is 5.32. The Bertz CT molecular complexity index is 526. The summed E-state index contributed by atoms with van der Waals surface area (Å²) in [6, 6.07) is 7.88. The second-order valence-electron chi connectivity index (χ2n) is 6.54. The minimum absolute atomic E-state index is 0.266. The van der Waals surface area contributed by atoms with E-state index in [0.29, 0.717) is 24.3 Å². The second kappa shape index (κ2) is 4.51. The molecule has 4 rings (SSSR count). The normalized spacial score (nSPS) is 36.5. The van der Waals surface area contributed by atoms with E-state index >= 15 is 0 Å². The standard InChI is InChI=1S/C17H21NO2/c1-20-13-5-3-2-4-12(13)9-18-17(19)16-14-10-6-7-11(8-10)15(14)16/h2-5,10-11,14-16H,6-9H2,1H3,(H,18,19). The quantitative estimate of drug-likeness (QED) is 0.914. The van der Waals surface area contributed by atoms with E-state index in [1.165, 1.54) is 19.3 Å². The lowest BCUT2D eigenvalue weighted by atomic mass is 10.0. The number of rotatable bonds is 4. The van der Waals surface area contributed by atoms with Crippen molar-refractivity contribution in [1.29, 1.82) is 0 Å². The van der Waals surface area contributed by atoms with Gasteiger partial charge in [0.05, 0.1) is 7.11 Å². The Balaban J connectivity index is 1.38. The minimum atomic E-state index is 0.266. The van der Waals surface area contributed by atoms with Crippen LogP contribution in [0.1, 0.15) is 24.8 Å². The topological polar surface area (TPSA) is 38.3 Å². The van der Waals surface area contributed by atoms with Crippen molar-refractivity contribution in [2.45, 2.75) is 25.8 Å². The molecule has 106 valence electrons. The molecule has 0 aromatic heterocycles. The third-order valence-electron chi connectivity index (χ3n) is 5.68. The Morgan fingerprint density at radius 3 is 2.65 bits per heavy atom. The lowest BCUT2D eigenvalue weighted by molar-refractivity contribution is -0.123. The van der Waals surface area contributed by atoms with Crippen molar-refractivity contribution in [1.82, 2.24) is 5.32 Å². The van der Waals surface area contributed by atoms with Crippen LogP contribution in [0.2, 0.25) is 0 Å². The van der Waals surface area contributed by atoms with Crippen molar-refractivity contribution < 1.29 is 9.53 Å². The van der Waals surface area contributed by atoms with Gasteiger partial charge in [0.1, 0.15) is 5.75 Å². The average Bonchev–Trinajstić information content (AvgIpc) is 2.93. The van der Waals surface area contributed by atoms with Gasteiger partial charge in [-0.25, -0.2) is 0 Å². The molecule has 0 spiro atoms. The van der Waals surface area contributed by atoms with Gasteiger partial charge in [-0.1, -0.05) is 18.2 Å². The summed E-state index contributed by atoms with van der Waals surface area (Å²) in [6.45, 7) is 0.578. The molecule has 0 saturated heterocycles. The van der Waals surface area contributed by atoms with Crippen LogP contribution < -0.4 is 10.1 Å². The zero-order chi connectivity index (χ0) is 13.7. The van der Waals surface area contributed by atoms with Gasteiger partial charge in [0, 0.05) is 18.0 Å². The summed E-state index contributed by atoms with van der Waals surface area (Å²) in [5.74, 6) is 4.57. The average molecular weight is 271 g/mol. The lowest BCUT2D eigenvalue weighted by Gasteiger charge is -2.11. The van der Waals surface area contributed by atoms with Crippen LogP contribution in [0.25, 0.3) is 0 Å². The third kappa shape index (κ3) is 1.75.